The highest BCUT2D eigenvalue weighted by Crippen LogP contribution is 2.30. The first-order chi connectivity index (χ1) is 8.99. The van der Waals surface area contributed by atoms with Crippen LogP contribution in [0.3, 0.4) is 0 Å². The van der Waals surface area contributed by atoms with Crippen LogP contribution in [-0.2, 0) is 0 Å². The topological polar surface area (TPSA) is 88.2 Å². The van der Waals surface area contributed by atoms with Crippen LogP contribution in [0, 0.1) is 0 Å². The number of anilines is 2. The summed E-state index contributed by atoms with van der Waals surface area (Å²) in [5.41, 5.74) is 5.95. The second-order valence-corrected chi connectivity index (χ2v) is 5.68. The van der Waals surface area contributed by atoms with E-state index in [-0.39, 0.29) is 17.3 Å². The molecule has 19 heavy (non-hydrogen) atoms. The number of nitrogen functional groups attached to an aromatic ring is 1. The molecule has 0 aromatic carbocycles. The van der Waals surface area contributed by atoms with E-state index in [2.05, 4.69) is 10.3 Å². The van der Waals surface area contributed by atoms with Gasteiger partial charge in [-0.3, -0.25) is 0 Å². The summed E-state index contributed by atoms with van der Waals surface area (Å²) in [6.07, 6.45) is 1.41. The standard InChI is InChI=1S/C12H12ClN3O2S/c1-6(8-2-3-9(13)19-8)16-11-10(14)7(12(17)18)4-5-15-11/h2-6H,14H2,1H3,(H,15,16)(H,17,18). The lowest BCUT2D eigenvalue weighted by atomic mass is 10.2. The third-order valence-electron chi connectivity index (χ3n) is 2.59. The molecule has 7 heteroatoms. The summed E-state index contributed by atoms with van der Waals surface area (Å²) in [7, 11) is 0. The lowest BCUT2D eigenvalue weighted by molar-refractivity contribution is 0.0698. The quantitative estimate of drug-likeness (QED) is 0.806. The number of carboxylic acid groups (broad SMARTS) is 1. The van der Waals surface area contributed by atoms with Crippen LogP contribution in [-0.4, -0.2) is 16.1 Å². The fourth-order valence-corrected chi connectivity index (χ4v) is 2.68. The highest BCUT2D eigenvalue weighted by Gasteiger charge is 2.15. The van der Waals surface area contributed by atoms with Gasteiger partial charge in [-0.15, -0.1) is 11.3 Å². The van der Waals surface area contributed by atoms with Gasteiger partial charge in [-0.2, -0.15) is 0 Å². The van der Waals surface area contributed by atoms with E-state index in [0.717, 1.165) is 4.88 Å². The van der Waals surface area contributed by atoms with Crippen molar-refractivity contribution in [3.63, 3.8) is 0 Å². The molecular weight excluding hydrogens is 286 g/mol. The van der Waals surface area contributed by atoms with Gasteiger partial charge in [-0.05, 0) is 25.1 Å². The maximum Gasteiger partial charge on any atom is 0.337 e. The number of pyridine rings is 1. The molecule has 4 N–H and O–H groups in total. The molecule has 0 fully saturated rings. The molecule has 0 saturated carbocycles. The molecule has 0 amide bonds. The first-order valence-electron chi connectivity index (χ1n) is 5.48. The number of rotatable bonds is 4. The van der Waals surface area contributed by atoms with Crippen LogP contribution in [0.4, 0.5) is 11.5 Å². The second-order valence-electron chi connectivity index (χ2n) is 3.93. The van der Waals surface area contributed by atoms with Crippen molar-refractivity contribution in [3.8, 4) is 0 Å². The maximum atomic E-state index is 11.0. The van der Waals surface area contributed by atoms with E-state index in [4.69, 9.17) is 22.4 Å². The Bertz CT molecular complexity index is 615. The maximum absolute atomic E-state index is 11.0. The zero-order valence-electron chi connectivity index (χ0n) is 10.1. The molecule has 0 aliphatic carbocycles. The summed E-state index contributed by atoms with van der Waals surface area (Å²) in [6.45, 7) is 1.93. The molecule has 0 spiro atoms. The van der Waals surface area contributed by atoms with Gasteiger partial charge in [-0.1, -0.05) is 11.6 Å². The van der Waals surface area contributed by atoms with Crippen molar-refractivity contribution in [2.24, 2.45) is 0 Å². The Morgan fingerprint density at radius 2 is 2.26 bits per heavy atom. The van der Waals surface area contributed by atoms with Crippen molar-refractivity contribution >= 4 is 40.4 Å². The minimum absolute atomic E-state index is 0.0360. The number of aromatic nitrogens is 1. The number of thiophene rings is 1. The highest BCUT2D eigenvalue weighted by atomic mass is 35.5. The molecule has 1 unspecified atom stereocenters. The van der Waals surface area contributed by atoms with Crippen molar-refractivity contribution in [3.05, 3.63) is 39.2 Å². The zero-order valence-corrected chi connectivity index (χ0v) is 11.6. The van der Waals surface area contributed by atoms with E-state index in [1.54, 1.807) is 0 Å². The summed E-state index contributed by atoms with van der Waals surface area (Å²) < 4.78 is 0.698. The first kappa shape index (κ1) is 13.6. The zero-order chi connectivity index (χ0) is 14.0. The van der Waals surface area contributed by atoms with Crippen LogP contribution >= 0.6 is 22.9 Å². The lowest BCUT2D eigenvalue weighted by Crippen LogP contribution is -2.11. The first-order valence-corrected chi connectivity index (χ1v) is 6.68. The summed E-state index contributed by atoms with van der Waals surface area (Å²) in [5, 5.41) is 12.1. The Morgan fingerprint density at radius 3 is 2.84 bits per heavy atom. The van der Waals surface area contributed by atoms with Gasteiger partial charge in [0, 0.05) is 11.1 Å². The van der Waals surface area contributed by atoms with Crippen LogP contribution in [0.25, 0.3) is 0 Å². The van der Waals surface area contributed by atoms with Gasteiger partial charge in [0.2, 0.25) is 0 Å². The molecule has 0 saturated heterocycles. The molecule has 2 rings (SSSR count). The number of nitrogens with zero attached hydrogens (tertiary/aromatic N) is 1. The summed E-state index contributed by atoms with van der Waals surface area (Å²) >= 11 is 7.33. The van der Waals surface area contributed by atoms with Gasteiger partial charge in [-0.25, -0.2) is 9.78 Å². The molecule has 5 nitrogen and oxygen atoms in total. The van der Waals surface area contributed by atoms with Crippen molar-refractivity contribution in [1.82, 2.24) is 4.98 Å². The molecule has 2 aromatic heterocycles. The molecule has 2 heterocycles. The Kier molecular flexibility index (Phi) is 3.92. The third-order valence-corrected chi connectivity index (χ3v) is 4.01. The Hall–Kier alpha value is -1.79. The SMILES string of the molecule is CC(Nc1nccc(C(=O)O)c1N)c1ccc(Cl)s1. The van der Waals surface area contributed by atoms with E-state index >= 15 is 0 Å². The van der Waals surface area contributed by atoms with Gasteiger partial charge >= 0.3 is 5.97 Å². The number of halogens is 1. The molecule has 0 bridgehead atoms. The van der Waals surface area contributed by atoms with E-state index in [1.807, 2.05) is 19.1 Å². The molecule has 100 valence electrons. The average Bonchev–Trinajstić information content (AvgIpc) is 2.78. The predicted octanol–water partition coefficient (Wildman–Crippen LogP) is 3.25. The predicted molar refractivity (Wildman–Crippen MR) is 77.0 cm³/mol. The van der Waals surface area contributed by atoms with Gasteiger partial charge in [0.25, 0.3) is 0 Å². The van der Waals surface area contributed by atoms with Crippen LogP contribution in [0.1, 0.15) is 28.2 Å². The molecule has 0 aliphatic heterocycles. The number of carboxylic acids is 1. The number of nitrogens with one attached hydrogen (secondary N) is 1. The largest absolute Gasteiger partial charge is 0.478 e. The Labute approximate surface area is 119 Å². The van der Waals surface area contributed by atoms with Gasteiger partial charge in [0.1, 0.15) is 0 Å². The fourth-order valence-electron chi connectivity index (χ4n) is 1.61. The van der Waals surface area contributed by atoms with E-state index in [1.165, 1.54) is 23.6 Å². The average molecular weight is 298 g/mol. The molecule has 0 radical (unpaired) electrons. The van der Waals surface area contributed by atoms with E-state index < -0.39 is 5.97 Å². The third kappa shape index (κ3) is 2.97. The van der Waals surface area contributed by atoms with Crippen LogP contribution in [0.15, 0.2) is 24.4 Å². The molecule has 0 aliphatic rings. The van der Waals surface area contributed by atoms with Crippen LogP contribution < -0.4 is 11.1 Å². The number of nitrogens with two attached hydrogens (primary N) is 1. The molecule has 2 aromatic rings. The monoisotopic (exact) mass is 297 g/mol. The minimum atomic E-state index is -1.07. The number of hydrogen-bond acceptors (Lipinski definition) is 5. The van der Waals surface area contributed by atoms with Crippen molar-refractivity contribution in [2.45, 2.75) is 13.0 Å². The summed E-state index contributed by atoms with van der Waals surface area (Å²) in [6, 6.07) is 5.03. The fraction of sp³-hybridized carbons (Fsp3) is 0.167. The van der Waals surface area contributed by atoms with Crippen molar-refractivity contribution in [1.29, 1.82) is 0 Å². The van der Waals surface area contributed by atoms with Crippen molar-refractivity contribution < 1.29 is 9.90 Å². The van der Waals surface area contributed by atoms with E-state index in [9.17, 15) is 4.79 Å². The van der Waals surface area contributed by atoms with E-state index in [0.29, 0.717) is 10.2 Å². The summed E-state index contributed by atoms with van der Waals surface area (Å²) in [5.74, 6) is -0.716. The molecule has 1 atom stereocenters. The Morgan fingerprint density at radius 1 is 1.53 bits per heavy atom. The minimum Gasteiger partial charge on any atom is -0.478 e. The normalized spacial score (nSPS) is 12.1. The number of hydrogen-bond donors (Lipinski definition) is 3. The molecular formula is C12H12ClN3O2S. The van der Waals surface area contributed by atoms with Crippen LogP contribution in [0.5, 0.6) is 0 Å². The van der Waals surface area contributed by atoms with Gasteiger partial charge < -0.3 is 16.2 Å². The Balaban J connectivity index is 2.24. The van der Waals surface area contributed by atoms with Crippen LogP contribution in [0.2, 0.25) is 4.34 Å². The lowest BCUT2D eigenvalue weighted by Gasteiger charge is -2.15. The van der Waals surface area contributed by atoms with Gasteiger partial charge in [0.15, 0.2) is 5.82 Å². The highest BCUT2D eigenvalue weighted by molar-refractivity contribution is 7.16. The number of carbonyl (C=O) groups is 1. The van der Waals surface area contributed by atoms with Crippen molar-refractivity contribution in [2.75, 3.05) is 11.1 Å². The number of aromatic carboxylic acids is 1. The smallest absolute Gasteiger partial charge is 0.337 e. The second kappa shape index (κ2) is 5.46. The van der Waals surface area contributed by atoms with Gasteiger partial charge in [0.05, 0.1) is 21.6 Å². The summed E-state index contributed by atoms with van der Waals surface area (Å²) in [4.78, 5) is 16.1.